The molecule has 0 bridgehead atoms. The number of nitrogens with zero attached hydrogens (tertiary/aromatic N) is 2. The Kier molecular flexibility index (Phi) is 5.38. The quantitative estimate of drug-likeness (QED) is 0.332. The van der Waals surface area contributed by atoms with Crippen LogP contribution in [0.1, 0.15) is 57.2 Å². The van der Waals surface area contributed by atoms with Gasteiger partial charge in [0.15, 0.2) is 12.3 Å². The number of nitrogens with one attached hydrogen (secondary N) is 1. The molecule has 5 aliphatic heterocycles. The fourth-order valence-corrected chi connectivity index (χ4v) is 8.26. The summed E-state index contributed by atoms with van der Waals surface area (Å²) in [5, 5.41) is 2.78. The Morgan fingerprint density at radius 3 is 2.62 bits per heavy atom. The predicted octanol–water partition coefficient (Wildman–Crippen LogP) is 4.11. The molecule has 0 spiro atoms. The second-order valence-corrected chi connectivity index (χ2v) is 13.9. The minimum absolute atomic E-state index is 0.0188. The van der Waals surface area contributed by atoms with Gasteiger partial charge in [-0.1, -0.05) is 26.0 Å². The largest absolute Gasteiger partial charge is 0.365 e. The van der Waals surface area contributed by atoms with Gasteiger partial charge in [-0.3, -0.25) is 9.35 Å². The zero-order valence-electron chi connectivity index (χ0n) is 23.2. The first-order valence-electron chi connectivity index (χ1n) is 13.9. The van der Waals surface area contributed by atoms with Crippen molar-refractivity contribution in [3.05, 3.63) is 76.0 Å². The van der Waals surface area contributed by atoms with Crippen molar-refractivity contribution in [3.8, 4) is 0 Å². The van der Waals surface area contributed by atoms with Crippen LogP contribution >= 0.6 is 0 Å². The molecular weight excluding hydrogens is 526 g/mol. The monoisotopic (exact) mass is 560 g/mol. The van der Waals surface area contributed by atoms with E-state index in [1.165, 1.54) is 28.6 Å². The van der Waals surface area contributed by atoms with Crippen LogP contribution in [0.15, 0.2) is 64.2 Å². The van der Waals surface area contributed by atoms with Crippen LogP contribution in [-0.4, -0.2) is 55.0 Å². The number of allylic oxidation sites excluding steroid dienone is 1. The van der Waals surface area contributed by atoms with Gasteiger partial charge in [0, 0.05) is 59.1 Å². The van der Waals surface area contributed by atoms with E-state index < -0.39 is 15.5 Å². The summed E-state index contributed by atoms with van der Waals surface area (Å²) in [6.07, 6.45) is 4.86. The lowest BCUT2D eigenvalue weighted by atomic mass is 9.74. The van der Waals surface area contributed by atoms with Crippen LogP contribution in [0, 0.1) is 0 Å². The van der Waals surface area contributed by atoms with Gasteiger partial charge in [-0.05, 0) is 55.7 Å². The predicted molar refractivity (Wildman–Crippen MR) is 152 cm³/mol. The number of benzene rings is 2. The third-order valence-corrected chi connectivity index (χ3v) is 10.3. The van der Waals surface area contributed by atoms with E-state index in [2.05, 4.69) is 66.8 Å². The topological polar surface area (TPSA) is 99.0 Å². The molecule has 208 valence electrons. The highest BCUT2D eigenvalue weighted by atomic mass is 32.2. The molecule has 0 fully saturated rings. The minimum Gasteiger partial charge on any atom is -0.365 e. The van der Waals surface area contributed by atoms with E-state index >= 15 is 0 Å². The van der Waals surface area contributed by atoms with Crippen molar-refractivity contribution >= 4 is 33.6 Å². The van der Waals surface area contributed by atoms with E-state index in [-0.39, 0.29) is 22.5 Å². The molecule has 8 nitrogen and oxygen atoms in total. The van der Waals surface area contributed by atoms with Crippen molar-refractivity contribution in [2.75, 3.05) is 18.0 Å². The highest BCUT2D eigenvalue weighted by Crippen LogP contribution is 2.54. The van der Waals surface area contributed by atoms with Gasteiger partial charge in [-0.25, -0.2) is 0 Å². The fourth-order valence-electron chi connectivity index (χ4n) is 7.75. The molecule has 2 atom stereocenters. The average molecular weight is 561 g/mol. The average Bonchev–Trinajstić information content (AvgIpc) is 3.29. The van der Waals surface area contributed by atoms with Crippen molar-refractivity contribution < 1.29 is 27.1 Å². The maximum absolute atomic E-state index is 12.0. The Labute approximate surface area is 234 Å². The lowest BCUT2D eigenvalue weighted by molar-refractivity contribution is -0.445. The molecule has 2 N–H and O–H groups in total. The second-order valence-electron chi connectivity index (χ2n) is 12.5. The smallest absolute Gasteiger partial charge is 0.294 e. The molecule has 5 aliphatic rings. The third-order valence-electron chi connectivity index (χ3n) is 9.48. The van der Waals surface area contributed by atoms with Crippen molar-refractivity contribution in [3.63, 3.8) is 0 Å². The summed E-state index contributed by atoms with van der Waals surface area (Å²) in [4.78, 5) is 13.2. The molecule has 0 aromatic heterocycles. The van der Waals surface area contributed by atoms with Gasteiger partial charge in [0.05, 0.1) is 22.5 Å². The Balaban J connectivity index is 1.37. The Morgan fingerprint density at radius 2 is 1.88 bits per heavy atom. The first-order valence-corrected chi connectivity index (χ1v) is 15.3. The maximum atomic E-state index is 12.0. The Hall–Kier alpha value is -3.27. The number of fused-ring (bicyclic) bond motifs is 8. The zero-order valence-corrected chi connectivity index (χ0v) is 24.0. The number of hydrogen-bond donors (Lipinski definition) is 2. The standard InChI is InChI=1S/C31H33N3O5S/c1-30(2)22-13-18(16-32-17-35)5-7-24(22)33-11-9-26-20(28(30)33)15-21-27(39-26)10-12-34-25-8-6-19(40(36,37)38)14-23(25)31(3,4)29(21)34/h5-8,13-15,17,26-27H,9-12,16H2,1-4H3,(H-,32,35,36,37,38)/p+1. The van der Waals surface area contributed by atoms with E-state index in [1.807, 2.05) is 6.07 Å². The van der Waals surface area contributed by atoms with Crippen LogP contribution in [0.25, 0.3) is 0 Å². The van der Waals surface area contributed by atoms with E-state index in [9.17, 15) is 17.8 Å². The molecule has 0 saturated heterocycles. The molecule has 5 heterocycles. The van der Waals surface area contributed by atoms with Gasteiger partial charge in [0.2, 0.25) is 12.1 Å². The minimum atomic E-state index is -4.31. The first kappa shape index (κ1) is 25.7. The third kappa shape index (κ3) is 3.47. The van der Waals surface area contributed by atoms with Crippen molar-refractivity contribution in [1.82, 2.24) is 5.32 Å². The van der Waals surface area contributed by atoms with Crippen LogP contribution in [0.5, 0.6) is 0 Å². The maximum Gasteiger partial charge on any atom is 0.294 e. The molecule has 0 radical (unpaired) electrons. The van der Waals surface area contributed by atoms with Gasteiger partial charge < -0.3 is 15.0 Å². The number of rotatable bonds is 4. The van der Waals surface area contributed by atoms with Gasteiger partial charge in [0.25, 0.3) is 10.1 Å². The summed E-state index contributed by atoms with van der Waals surface area (Å²) in [6.45, 7) is 11.0. The van der Waals surface area contributed by atoms with Crippen LogP contribution in [-0.2, 0) is 37.0 Å². The van der Waals surface area contributed by atoms with E-state index in [0.29, 0.717) is 6.54 Å². The summed E-state index contributed by atoms with van der Waals surface area (Å²) in [7, 11) is -4.31. The molecule has 2 aromatic carbocycles. The second kappa shape index (κ2) is 8.38. The van der Waals surface area contributed by atoms with Crippen LogP contribution in [0.2, 0.25) is 0 Å². The zero-order chi connectivity index (χ0) is 28.2. The number of amides is 1. The lowest BCUT2D eigenvalue weighted by Gasteiger charge is -2.42. The van der Waals surface area contributed by atoms with Crippen molar-refractivity contribution in [2.24, 2.45) is 0 Å². The summed E-state index contributed by atoms with van der Waals surface area (Å²) >= 11 is 0. The van der Waals surface area contributed by atoms with Crippen LogP contribution in [0.3, 0.4) is 0 Å². The molecule has 40 heavy (non-hydrogen) atoms. The molecule has 0 saturated carbocycles. The SMILES string of the molecule is CC1(C)C2=C3C=C4C5=[N+](CCC4OC3CCN2c2ccc(CNC=O)cc21)c1ccc(S(=O)(=O)O)cc1C5(C)C. The highest BCUT2D eigenvalue weighted by Gasteiger charge is 2.54. The first-order chi connectivity index (χ1) is 18.9. The van der Waals surface area contributed by atoms with Gasteiger partial charge >= 0.3 is 0 Å². The fraction of sp³-hybridized carbons (Fsp3) is 0.419. The molecular formula is C31H34N3O5S+. The van der Waals surface area contributed by atoms with Gasteiger partial charge in [0.1, 0.15) is 0 Å². The van der Waals surface area contributed by atoms with Crippen LogP contribution in [0.4, 0.5) is 11.4 Å². The summed E-state index contributed by atoms with van der Waals surface area (Å²) in [6, 6.07) is 11.4. The number of ether oxygens (including phenoxy) is 1. The van der Waals surface area contributed by atoms with E-state index in [0.717, 1.165) is 60.4 Å². The molecule has 2 aromatic rings. The van der Waals surface area contributed by atoms with Crippen molar-refractivity contribution in [1.29, 1.82) is 0 Å². The summed E-state index contributed by atoms with van der Waals surface area (Å²) in [5.74, 6) is 0. The highest BCUT2D eigenvalue weighted by molar-refractivity contribution is 7.85. The lowest BCUT2D eigenvalue weighted by Crippen LogP contribution is -2.47. The van der Waals surface area contributed by atoms with E-state index in [1.54, 1.807) is 6.07 Å². The summed E-state index contributed by atoms with van der Waals surface area (Å²) in [5.41, 5.74) is 9.50. The normalized spacial score (nSPS) is 25.3. The molecule has 9 heteroatoms. The van der Waals surface area contributed by atoms with Crippen LogP contribution < -0.4 is 10.2 Å². The molecule has 7 rings (SSSR count). The number of carbonyl (C=O) groups excluding carboxylic acids is 1. The van der Waals surface area contributed by atoms with Gasteiger partial charge in [-0.15, -0.1) is 0 Å². The summed E-state index contributed by atoms with van der Waals surface area (Å²) < 4.78 is 42.8. The van der Waals surface area contributed by atoms with Crippen molar-refractivity contribution in [2.45, 2.75) is 75.0 Å². The Morgan fingerprint density at radius 1 is 1.07 bits per heavy atom. The molecule has 1 amide bonds. The number of anilines is 1. The Bertz CT molecular complexity index is 1700. The number of hydrogen-bond acceptors (Lipinski definition) is 5. The molecule has 2 unspecified atom stereocenters. The van der Waals surface area contributed by atoms with E-state index in [4.69, 9.17) is 4.74 Å². The molecule has 0 aliphatic carbocycles. The number of carbonyl (C=O) groups is 1. The van der Waals surface area contributed by atoms with Gasteiger partial charge in [-0.2, -0.15) is 13.0 Å².